The summed E-state index contributed by atoms with van der Waals surface area (Å²) in [5.74, 6) is 1.05. The average Bonchev–Trinajstić information content (AvgIpc) is 2.57. The van der Waals surface area contributed by atoms with Crippen molar-refractivity contribution in [3.05, 3.63) is 24.3 Å². The first-order valence-electron chi connectivity index (χ1n) is 8.82. The molecule has 0 N–H and O–H groups in total. The first-order valence-corrected chi connectivity index (χ1v) is 9.59. The highest BCUT2D eigenvalue weighted by Crippen LogP contribution is 2.30. The molecule has 3 nitrogen and oxygen atoms in total. The van der Waals surface area contributed by atoms with E-state index in [4.69, 9.17) is 0 Å². The van der Waals surface area contributed by atoms with Crippen molar-refractivity contribution < 1.29 is 13.5 Å². The molecule has 2 saturated heterocycles. The van der Waals surface area contributed by atoms with Crippen molar-refractivity contribution in [3.63, 3.8) is 0 Å². The monoisotopic (exact) mass is 356 g/mol. The van der Waals surface area contributed by atoms with Crippen LogP contribution in [0.25, 0.3) is 0 Å². The standard InChI is InChI=1S/C18H26F2N2OS/c1-14-3-2-10-21(13-14)15-8-11-22(12-9-15)24-17-6-4-16(5-7-17)23-18(19)20/h4-7,14-15,18H,2-3,8-13H2,1H3. The van der Waals surface area contributed by atoms with Crippen LogP contribution in [0.1, 0.15) is 32.6 Å². The maximum Gasteiger partial charge on any atom is 0.387 e. The Morgan fingerprint density at radius 3 is 2.42 bits per heavy atom. The molecule has 134 valence electrons. The fourth-order valence-electron chi connectivity index (χ4n) is 3.69. The number of likely N-dealkylation sites (tertiary alicyclic amines) is 1. The van der Waals surface area contributed by atoms with Gasteiger partial charge >= 0.3 is 6.61 Å². The van der Waals surface area contributed by atoms with Gasteiger partial charge in [0.15, 0.2) is 0 Å². The average molecular weight is 356 g/mol. The van der Waals surface area contributed by atoms with E-state index >= 15 is 0 Å². The summed E-state index contributed by atoms with van der Waals surface area (Å²) in [6, 6.07) is 7.64. The minimum absolute atomic E-state index is 0.215. The molecule has 0 aromatic heterocycles. The zero-order valence-corrected chi connectivity index (χ0v) is 15.0. The lowest BCUT2D eigenvalue weighted by Crippen LogP contribution is -2.46. The number of nitrogens with zero attached hydrogens (tertiary/aromatic N) is 2. The van der Waals surface area contributed by atoms with E-state index in [0.717, 1.165) is 29.9 Å². The van der Waals surface area contributed by atoms with Crippen molar-refractivity contribution in [2.24, 2.45) is 5.92 Å². The fourth-order valence-corrected chi connectivity index (χ4v) is 4.64. The Labute approximate surface area is 147 Å². The molecular weight excluding hydrogens is 330 g/mol. The van der Waals surface area contributed by atoms with Gasteiger partial charge in [-0.2, -0.15) is 8.78 Å². The van der Waals surface area contributed by atoms with Crippen molar-refractivity contribution in [1.82, 2.24) is 9.21 Å². The smallest absolute Gasteiger partial charge is 0.387 e. The van der Waals surface area contributed by atoms with Crippen LogP contribution < -0.4 is 4.74 Å². The summed E-state index contributed by atoms with van der Waals surface area (Å²) in [4.78, 5) is 3.76. The minimum atomic E-state index is -2.76. The molecule has 24 heavy (non-hydrogen) atoms. The molecular formula is C18H26F2N2OS. The molecule has 2 fully saturated rings. The molecule has 1 unspecified atom stereocenters. The van der Waals surface area contributed by atoms with Crippen LogP contribution in [-0.2, 0) is 0 Å². The number of rotatable bonds is 5. The van der Waals surface area contributed by atoms with Crippen LogP contribution >= 0.6 is 11.9 Å². The Kier molecular flexibility index (Phi) is 6.36. The van der Waals surface area contributed by atoms with Gasteiger partial charge < -0.3 is 9.64 Å². The van der Waals surface area contributed by atoms with Gasteiger partial charge in [0.2, 0.25) is 0 Å². The molecule has 3 rings (SSSR count). The highest BCUT2D eigenvalue weighted by Gasteiger charge is 2.27. The van der Waals surface area contributed by atoms with Gasteiger partial charge in [-0.25, -0.2) is 4.31 Å². The summed E-state index contributed by atoms with van der Waals surface area (Å²) in [5.41, 5.74) is 0. The Balaban J connectivity index is 1.45. The summed E-state index contributed by atoms with van der Waals surface area (Å²) in [6.45, 7) is 4.26. The molecule has 2 aliphatic rings. The minimum Gasteiger partial charge on any atom is -0.435 e. The number of hydrogen-bond acceptors (Lipinski definition) is 4. The molecule has 1 atom stereocenters. The number of halogens is 2. The summed E-state index contributed by atoms with van der Waals surface area (Å²) in [5, 5.41) is 0. The van der Waals surface area contributed by atoms with Crippen LogP contribution in [0.5, 0.6) is 5.75 Å². The molecule has 6 heteroatoms. The van der Waals surface area contributed by atoms with Gasteiger partial charge in [-0.15, -0.1) is 0 Å². The molecule has 0 saturated carbocycles. The number of alkyl halides is 2. The summed E-state index contributed by atoms with van der Waals surface area (Å²) in [7, 11) is 0. The second-order valence-electron chi connectivity index (χ2n) is 6.84. The lowest BCUT2D eigenvalue weighted by Gasteiger charge is -2.41. The lowest BCUT2D eigenvalue weighted by molar-refractivity contribution is -0.0498. The van der Waals surface area contributed by atoms with Gasteiger partial charge in [0.25, 0.3) is 0 Å². The van der Waals surface area contributed by atoms with E-state index in [1.54, 1.807) is 24.1 Å². The zero-order valence-electron chi connectivity index (χ0n) is 14.2. The Bertz CT molecular complexity index is 506. The van der Waals surface area contributed by atoms with E-state index in [1.807, 2.05) is 12.1 Å². The quantitative estimate of drug-likeness (QED) is 0.722. The predicted octanol–water partition coefficient (Wildman–Crippen LogP) is 4.49. The van der Waals surface area contributed by atoms with Crippen molar-refractivity contribution in [2.45, 2.75) is 50.2 Å². The van der Waals surface area contributed by atoms with Crippen molar-refractivity contribution in [2.75, 3.05) is 26.2 Å². The topological polar surface area (TPSA) is 15.7 Å². The molecule has 0 radical (unpaired) electrons. The van der Waals surface area contributed by atoms with Gasteiger partial charge in [-0.05, 0) is 74.4 Å². The number of piperidine rings is 2. The van der Waals surface area contributed by atoms with E-state index in [-0.39, 0.29) is 5.75 Å². The van der Waals surface area contributed by atoms with E-state index in [9.17, 15) is 8.78 Å². The largest absolute Gasteiger partial charge is 0.435 e. The Morgan fingerprint density at radius 1 is 1.08 bits per heavy atom. The van der Waals surface area contributed by atoms with Crippen molar-refractivity contribution in [3.8, 4) is 5.75 Å². The Hall–Kier alpha value is -0.850. The molecule has 0 aliphatic carbocycles. The van der Waals surface area contributed by atoms with Crippen LogP contribution in [0.15, 0.2) is 29.2 Å². The summed E-state index contributed by atoms with van der Waals surface area (Å²) in [6.07, 6.45) is 5.14. The van der Waals surface area contributed by atoms with E-state index in [2.05, 4.69) is 20.9 Å². The Morgan fingerprint density at radius 2 is 1.79 bits per heavy atom. The van der Waals surface area contributed by atoms with Crippen LogP contribution in [0.4, 0.5) is 8.78 Å². The summed E-state index contributed by atoms with van der Waals surface area (Å²) >= 11 is 1.71. The van der Waals surface area contributed by atoms with Crippen molar-refractivity contribution in [1.29, 1.82) is 0 Å². The second-order valence-corrected chi connectivity index (χ2v) is 8.01. The van der Waals surface area contributed by atoms with E-state index < -0.39 is 6.61 Å². The molecule has 0 spiro atoms. The van der Waals surface area contributed by atoms with Gasteiger partial charge in [-0.3, -0.25) is 0 Å². The lowest BCUT2D eigenvalue weighted by atomic mass is 9.96. The molecule has 2 heterocycles. The van der Waals surface area contributed by atoms with Crippen LogP contribution in [0.2, 0.25) is 0 Å². The van der Waals surface area contributed by atoms with Crippen LogP contribution in [0, 0.1) is 5.92 Å². The maximum absolute atomic E-state index is 12.2. The van der Waals surface area contributed by atoms with Gasteiger partial charge in [0.05, 0.1) is 0 Å². The highest BCUT2D eigenvalue weighted by molar-refractivity contribution is 7.97. The first kappa shape index (κ1) is 18.0. The van der Waals surface area contributed by atoms with Gasteiger partial charge in [0.1, 0.15) is 5.75 Å². The maximum atomic E-state index is 12.2. The third-order valence-electron chi connectivity index (χ3n) is 4.91. The zero-order chi connectivity index (χ0) is 16.9. The van der Waals surface area contributed by atoms with Crippen LogP contribution in [0.3, 0.4) is 0 Å². The van der Waals surface area contributed by atoms with E-state index in [0.29, 0.717) is 0 Å². The first-order chi connectivity index (χ1) is 11.6. The van der Waals surface area contributed by atoms with Crippen LogP contribution in [-0.4, -0.2) is 48.0 Å². The van der Waals surface area contributed by atoms with Gasteiger partial charge in [0, 0.05) is 30.6 Å². The predicted molar refractivity (Wildman–Crippen MR) is 93.5 cm³/mol. The molecule has 1 aromatic carbocycles. The number of ether oxygens (including phenoxy) is 1. The second kappa shape index (κ2) is 8.50. The van der Waals surface area contributed by atoms with E-state index in [1.165, 1.54) is 38.8 Å². The van der Waals surface area contributed by atoms with Crippen molar-refractivity contribution >= 4 is 11.9 Å². The third kappa shape index (κ3) is 5.07. The fraction of sp³-hybridized carbons (Fsp3) is 0.667. The molecule has 0 bridgehead atoms. The normalized spacial score (nSPS) is 24.4. The number of hydrogen-bond donors (Lipinski definition) is 0. The number of benzene rings is 1. The highest BCUT2D eigenvalue weighted by atomic mass is 32.2. The van der Waals surface area contributed by atoms with Gasteiger partial charge in [-0.1, -0.05) is 6.92 Å². The molecule has 2 aliphatic heterocycles. The SMILES string of the molecule is CC1CCCN(C2CCN(Sc3ccc(OC(F)F)cc3)CC2)C1. The molecule has 0 amide bonds. The molecule has 1 aromatic rings. The third-order valence-corrected chi connectivity index (χ3v) is 6.02. The summed E-state index contributed by atoms with van der Waals surface area (Å²) < 4.78 is 31.1.